The summed E-state index contributed by atoms with van der Waals surface area (Å²) in [6.07, 6.45) is -1.14. The van der Waals surface area contributed by atoms with Crippen LogP contribution in [0.15, 0.2) is 0 Å². The van der Waals surface area contributed by atoms with E-state index in [1.165, 1.54) is 0 Å². The molecule has 6 heavy (non-hydrogen) atoms. The van der Waals surface area contributed by atoms with Crippen molar-refractivity contribution in [2.24, 2.45) is 0 Å². The fourth-order valence-electron chi connectivity index (χ4n) is 0.0182. The van der Waals surface area contributed by atoms with Crippen LogP contribution in [0.25, 0.3) is 0 Å². The van der Waals surface area contributed by atoms with Crippen LogP contribution in [-0.2, 0) is 16.1 Å². The van der Waals surface area contributed by atoms with Gasteiger partial charge in [0, 0.05) is 20.1 Å². The van der Waals surface area contributed by atoms with Gasteiger partial charge < -0.3 is 4.31 Å². The van der Waals surface area contributed by atoms with Crippen molar-refractivity contribution in [3.05, 3.63) is 0 Å². The molecular formula is H3ClOP2S2. The molecule has 0 amide bonds. The second-order valence-corrected chi connectivity index (χ2v) is 6.89. The largest absolute Gasteiger partial charge is 0.327 e. The Labute approximate surface area is 53.2 Å². The highest BCUT2D eigenvalue weighted by atomic mass is 35.7. The maximum Gasteiger partial charge on any atom is 0.125 e. The van der Waals surface area contributed by atoms with Gasteiger partial charge in [0.05, 0.1) is 0 Å². The van der Waals surface area contributed by atoms with Crippen LogP contribution in [0.4, 0.5) is 0 Å². The Hall–Kier alpha value is 1.68. The van der Waals surface area contributed by atoms with E-state index in [-0.39, 0.29) is 0 Å². The highest BCUT2D eigenvalue weighted by Gasteiger charge is 1.82. The van der Waals surface area contributed by atoms with Crippen molar-refractivity contribution in [3.63, 3.8) is 0 Å². The molecule has 0 aliphatic rings. The highest BCUT2D eigenvalue weighted by Crippen LogP contribution is 2.43. The van der Waals surface area contributed by atoms with E-state index < -0.39 is 6.13 Å². The van der Waals surface area contributed by atoms with Gasteiger partial charge in [0.2, 0.25) is 0 Å². The van der Waals surface area contributed by atoms with E-state index in [0.29, 0.717) is 0 Å². The maximum absolute atomic E-state index is 5.17. The number of hydrogen-bond donors (Lipinski definition) is 0. The van der Waals surface area contributed by atoms with Gasteiger partial charge in [0.25, 0.3) is 0 Å². The Morgan fingerprint density at radius 3 is 2.50 bits per heavy atom. The topological polar surface area (TPSA) is 9.23 Å². The van der Waals surface area contributed by atoms with Gasteiger partial charge >= 0.3 is 0 Å². The van der Waals surface area contributed by atoms with E-state index in [2.05, 4.69) is 25.6 Å². The average molecular weight is 181 g/mol. The third kappa shape index (κ3) is 3.86. The summed E-state index contributed by atoms with van der Waals surface area (Å²) >= 11 is 4.63. The molecule has 0 saturated carbocycles. The van der Waals surface area contributed by atoms with Crippen LogP contribution in [0.1, 0.15) is 0 Å². The fraction of sp³-hybridized carbons (Fsp3) is 0. The van der Waals surface area contributed by atoms with E-state index in [1.54, 1.807) is 0 Å². The molecule has 0 aromatic heterocycles. The normalized spacial score (nSPS) is 14.3. The highest BCUT2D eigenvalue weighted by molar-refractivity contribution is 8.72. The van der Waals surface area contributed by atoms with Crippen molar-refractivity contribution < 1.29 is 4.31 Å². The zero-order chi connectivity index (χ0) is 4.99. The van der Waals surface area contributed by atoms with Crippen LogP contribution in [-0.4, -0.2) is 0 Å². The van der Waals surface area contributed by atoms with Gasteiger partial charge in [-0.1, -0.05) is 11.8 Å². The summed E-state index contributed by atoms with van der Waals surface area (Å²) in [4.78, 5) is 0. The average Bonchev–Trinajstić information content (AvgIpc) is 1.65. The first-order valence-corrected chi connectivity index (χ1v) is 6.38. The van der Waals surface area contributed by atoms with E-state index in [1.807, 2.05) is 0 Å². The summed E-state index contributed by atoms with van der Waals surface area (Å²) in [5.41, 5.74) is 0. The van der Waals surface area contributed by atoms with Gasteiger partial charge in [-0.05, 0) is 10.7 Å². The summed E-state index contributed by atoms with van der Waals surface area (Å²) < 4.78 is 4.56. The Morgan fingerprint density at radius 1 is 2.00 bits per heavy atom. The standard InChI is InChI=1S/ClH3OP2S2/c1-6-4(5)2-3/h4H,3H2. The van der Waals surface area contributed by atoms with Gasteiger partial charge in [0.1, 0.15) is 6.13 Å². The molecule has 0 aliphatic carbocycles. The van der Waals surface area contributed by atoms with Crippen molar-refractivity contribution in [3.8, 4) is 0 Å². The summed E-state index contributed by atoms with van der Waals surface area (Å²) in [5.74, 6) is 0. The minimum atomic E-state index is -1.14. The Balaban J connectivity index is 2.99. The molecule has 38 valence electrons. The third-order valence-corrected chi connectivity index (χ3v) is 6.00. The Morgan fingerprint density at radius 2 is 2.50 bits per heavy atom. The molecule has 6 heteroatoms. The molecule has 1 nitrogen and oxygen atoms in total. The predicted molar refractivity (Wildman–Crippen MR) is 39.9 cm³/mol. The number of halogens is 1. The van der Waals surface area contributed by atoms with Crippen LogP contribution in [0.2, 0.25) is 0 Å². The first kappa shape index (κ1) is 7.68. The summed E-state index contributed by atoms with van der Waals surface area (Å²) in [6.45, 7) is 0. The lowest BCUT2D eigenvalue weighted by molar-refractivity contribution is 0.755. The number of rotatable bonds is 2. The first-order chi connectivity index (χ1) is 2.81. The summed E-state index contributed by atoms with van der Waals surface area (Å²) in [5, 5.41) is 0. The van der Waals surface area contributed by atoms with Gasteiger partial charge in [-0.3, -0.25) is 0 Å². The molecule has 0 bridgehead atoms. The smallest absolute Gasteiger partial charge is 0.125 e. The van der Waals surface area contributed by atoms with Crippen LogP contribution in [0.3, 0.4) is 0 Å². The lowest BCUT2D eigenvalue weighted by Crippen LogP contribution is -1.36. The molecule has 2 atom stereocenters. The molecule has 0 saturated heterocycles. The van der Waals surface area contributed by atoms with Crippen molar-refractivity contribution in [1.82, 2.24) is 0 Å². The van der Waals surface area contributed by atoms with Gasteiger partial charge in [0.15, 0.2) is 0 Å². The minimum Gasteiger partial charge on any atom is -0.327 e. The molecule has 0 rings (SSSR count). The van der Waals surface area contributed by atoms with E-state index in [0.717, 1.165) is 10.6 Å². The van der Waals surface area contributed by atoms with Crippen molar-refractivity contribution in [2.75, 3.05) is 0 Å². The molecular weight excluding hydrogens is 178 g/mol. The van der Waals surface area contributed by atoms with Crippen molar-refractivity contribution in [2.45, 2.75) is 0 Å². The molecule has 2 unspecified atom stereocenters. The van der Waals surface area contributed by atoms with Crippen LogP contribution >= 0.6 is 36.9 Å². The van der Waals surface area contributed by atoms with Gasteiger partial charge in [-0.25, -0.2) is 0 Å². The fourth-order valence-corrected chi connectivity index (χ4v) is 1.47. The maximum atomic E-state index is 5.17. The van der Waals surface area contributed by atoms with Crippen LogP contribution < -0.4 is 0 Å². The first-order valence-electron chi connectivity index (χ1n) is 1.00. The molecule has 0 N–H and O–H groups in total. The molecule has 0 heterocycles. The zero-order valence-corrected chi connectivity index (χ0v) is 7.22. The molecule has 0 fully saturated rings. The Kier molecular flexibility index (Phi) is 6.18. The lowest BCUT2D eigenvalue weighted by Gasteiger charge is -1.88. The van der Waals surface area contributed by atoms with E-state index in [4.69, 9.17) is 10.7 Å². The van der Waals surface area contributed by atoms with Gasteiger partial charge in [-0.15, -0.1) is 0 Å². The van der Waals surface area contributed by atoms with Gasteiger partial charge in [-0.2, -0.15) is 0 Å². The zero-order valence-electron chi connectivity index (χ0n) is 2.68. The summed E-state index contributed by atoms with van der Waals surface area (Å²) in [7, 11) is 8.32. The predicted octanol–water partition coefficient (Wildman–Crippen LogP) is 2.19. The second kappa shape index (κ2) is 4.83. The monoisotopic (exact) mass is 180 g/mol. The lowest BCUT2D eigenvalue weighted by atomic mass is 15.9. The van der Waals surface area contributed by atoms with Crippen LogP contribution in [0.5, 0.6) is 0 Å². The van der Waals surface area contributed by atoms with E-state index in [9.17, 15) is 0 Å². The number of hydrogen-bond acceptors (Lipinski definition) is 3. The van der Waals surface area contributed by atoms with E-state index >= 15 is 0 Å². The molecule has 0 radical (unpaired) electrons. The second-order valence-electron chi connectivity index (χ2n) is 0.445. The third-order valence-electron chi connectivity index (χ3n) is 0.159. The Bertz CT molecular complexity index is 49.5. The SMILES string of the molecule is PO[PH](=S)SCl. The molecule has 0 aliphatic heterocycles. The van der Waals surface area contributed by atoms with Crippen LogP contribution in [0, 0.1) is 0 Å². The quantitative estimate of drug-likeness (QED) is 0.603. The molecule has 0 aromatic carbocycles. The minimum absolute atomic E-state index is 1.07. The van der Waals surface area contributed by atoms with Crippen molar-refractivity contribution >= 4 is 48.7 Å². The van der Waals surface area contributed by atoms with Crippen molar-refractivity contribution in [1.29, 1.82) is 0 Å². The molecule has 0 aromatic rings. The molecule has 0 spiro atoms. The summed E-state index contributed by atoms with van der Waals surface area (Å²) in [6, 6.07) is 0.